The van der Waals surface area contributed by atoms with Crippen molar-refractivity contribution < 1.29 is 4.79 Å². The van der Waals surface area contributed by atoms with Crippen LogP contribution >= 0.6 is 0 Å². The molecule has 0 amide bonds. The highest BCUT2D eigenvalue weighted by molar-refractivity contribution is 6.18. The van der Waals surface area contributed by atoms with Crippen molar-refractivity contribution in [3.8, 4) is 0 Å². The van der Waals surface area contributed by atoms with Crippen LogP contribution in [0.1, 0.15) is 21.6 Å². The van der Waals surface area contributed by atoms with Gasteiger partial charge in [-0.05, 0) is 30.7 Å². The van der Waals surface area contributed by atoms with Crippen LogP contribution in [0.3, 0.4) is 0 Å². The van der Waals surface area contributed by atoms with Crippen molar-refractivity contribution in [2.75, 3.05) is 0 Å². The Kier molecular flexibility index (Phi) is 3.12. The third-order valence-corrected chi connectivity index (χ3v) is 4.65. The largest absolute Gasteiger partial charge is 0.298 e. The molecule has 5 rings (SSSR count). The molecule has 4 nitrogen and oxygen atoms in total. The second kappa shape index (κ2) is 5.49. The third kappa shape index (κ3) is 2.12. The van der Waals surface area contributed by atoms with E-state index >= 15 is 0 Å². The number of benzene rings is 2. The van der Waals surface area contributed by atoms with Crippen LogP contribution < -0.4 is 0 Å². The zero-order valence-electron chi connectivity index (χ0n) is 14.2. The molecule has 0 aliphatic rings. The lowest BCUT2D eigenvalue weighted by Gasteiger charge is -2.07. The fourth-order valence-electron chi connectivity index (χ4n) is 3.40. The van der Waals surface area contributed by atoms with Crippen LogP contribution in [-0.2, 0) is 0 Å². The number of hydrogen-bond donors (Lipinski definition) is 0. The second-order valence-corrected chi connectivity index (χ2v) is 6.41. The lowest BCUT2D eigenvalue weighted by atomic mass is 10.0. The molecule has 4 heteroatoms. The monoisotopic (exact) mass is 337 g/mol. The Hall–Kier alpha value is -3.53. The molecule has 0 unspecified atom stereocenters. The van der Waals surface area contributed by atoms with Gasteiger partial charge < -0.3 is 0 Å². The SMILES string of the molecule is Cc1ccc2c(c1)nc(C(=O)c1ccccc1)c1c2nc2ccccn21. The van der Waals surface area contributed by atoms with E-state index in [9.17, 15) is 4.79 Å². The van der Waals surface area contributed by atoms with Crippen molar-refractivity contribution in [3.63, 3.8) is 0 Å². The fourth-order valence-corrected chi connectivity index (χ4v) is 3.40. The van der Waals surface area contributed by atoms with Gasteiger partial charge in [0, 0.05) is 17.1 Å². The van der Waals surface area contributed by atoms with Gasteiger partial charge in [-0.2, -0.15) is 0 Å². The summed E-state index contributed by atoms with van der Waals surface area (Å²) < 4.78 is 1.94. The van der Waals surface area contributed by atoms with Crippen LogP contribution in [0.5, 0.6) is 0 Å². The molecule has 0 radical (unpaired) electrons. The van der Waals surface area contributed by atoms with Crippen LogP contribution in [0.4, 0.5) is 0 Å². The molecule has 0 atom stereocenters. The molecule has 26 heavy (non-hydrogen) atoms. The Labute approximate surface area is 149 Å². The standard InChI is InChI=1S/C22H15N3O/c1-14-10-11-16-17(13-14)23-20(22(26)15-7-3-2-4-8-15)21-19(16)24-18-9-5-6-12-25(18)21/h2-13H,1H3. The number of nitrogens with zero attached hydrogens (tertiary/aromatic N) is 3. The van der Waals surface area contributed by atoms with Gasteiger partial charge >= 0.3 is 0 Å². The van der Waals surface area contributed by atoms with E-state index in [1.54, 1.807) is 0 Å². The van der Waals surface area contributed by atoms with Crippen LogP contribution in [0, 0.1) is 6.92 Å². The highest BCUT2D eigenvalue weighted by atomic mass is 16.1. The molecule has 0 aliphatic heterocycles. The Bertz CT molecular complexity index is 1300. The van der Waals surface area contributed by atoms with E-state index in [0.29, 0.717) is 11.3 Å². The molecule has 0 spiro atoms. The molecular weight excluding hydrogens is 322 g/mol. The average molecular weight is 337 g/mol. The van der Waals surface area contributed by atoms with Crippen LogP contribution in [0.15, 0.2) is 72.9 Å². The Morgan fingerprint density at radius 1 is 0.923 bits per heavy atom. The first-order chi connectivity index (χ1) is 12.7. The summed E-state index contributed by atoms with van der Waals surface area (Å²) in [6, 6.07) is 21.2. The summed E-state index contributed by atoms with van der Waals surface area (Å²) in [6.45, 7) is 2.02. The van der Waals surface area contributed by atoms with Gasteiger partial charge in [0.25, 0.3) is 0 Å². The van der Waals surface area contributed by atoms with Crippen molar-refractivity contribution in [2.24, 2.45) is 0 Å². The first-order valence-corrected chi connectivity index (χ1v) is 8.49. The van der Waals surface area contributed by atoms with Gasteiger partial charge in [0.15, 0.2) is 0 Å². The van der Waals surface area contributed by atoms with E-state index in [2.05, 4.69) is 0 Å². The van der Waals surface area contributed by atoms with Crippen molar-refractivity contribution in [3.05, 3.63) is 89.7 Å². The molecule has 5 aromatic rings. The van der Waals surface area contributed by atoms with Gasteiger partial charge in [-0.3, -0.25) is 9.20 Å². The number of ketones is 1. The highest BCUT2D eigenvalue weighted by Crippen LogP contribution is 2.29. The quantitative estimate of drug-likeness (QED) is 0.443. The molecule has 0 bridgehead atoms. The minimum Gasteiger partial charge on any atom is -0.298 e. The average Bonchev–Trinajstić information content (AvgIpc) is 3.07. The number of carbonyl (C=O) groups excluding carboxylic acids is 1. The number of pyridine rings is 2. The third-order valence-electron chi connectivity index (χ3n) is 4.65. The molecule has 2 aromatic carbocycles. The van der Waals surface area contributed by atoms with Gasteiger partial charge in [-0.25, -0.2) is 9.97 Å². The fraction of sp³-hybridized carbons (Fsp3) is 0.0455. The molecule has 0 fully saturated rings. The zero-order valence-corrected chi connectivity index (χ0v) is 14.2. The normalized spacial score (nSPS) is 11.4. The van der Waals surface area contributed by atoms with Crippen LogP contribution in [0.25, 0.3) is 27.6 Å². The number of hydrogen-bond acceptors (Lipinski definition) is 3. The van der Waals surface area contributed by atoms with Crippen molar-refractivity contribution in [2.45, 2.75) is 6.92 Å². The lowest BCUT2D eigenvalue weighted by Crippen LogP contribution is -2.06. The topological polar surface area (TPSA) is 47.3 Å². The molecule has 0 saturated heterocycles. The molecule has 0 saturated carbocycles. The molecule has 0 N–H and O–H groups in total. The van der Waals surface area contributed by atoms with Gasteiger partial charge in [-0.1, -0.05) is 48.5 Å². The van der Waals surface area contributed by atoms with E-state index in [4.69, 9.17) is 9.97 Å². The molecule has 0 aliphatic carbocycles. The number of aryl methyl sites for hydroxylation is 1. The van der Waals surface area contributed by atoms with Gasteiger partial charge in [0.2, 0.25) is 5.78 Å². The van der Waals surface area contributed by atoms with E-state index in [0.717, 1.165) is 33.1 Å². The predicted molar refractivity (Wildman–Crippen MR) is 103 cm³/mol. The van der Waals surface area contributed by atoms with Gasteiger partial charge in [0.1, 0.15) is 22.4 Å². The number of fused-ring (bicyclic) bond motifs is 5. The molecule has 3 aromatic heterocycles. The first-order valence-electron chi connectivity index (χ1n) is 8.49. The van der Waals surface area contributed by atoms with Crippen molar-refractivity contribution in [1.82, 2.24) is 14.4 Å². The summed E-state index contributed by atoms with van der Waals surface area (Å²) in [5, 5.41) is 0.957. The summed E-state index contributed by atoms with van der Waals surface area (Å²) in [5.41, 5.74) is 5.32. The maximum Gasteiger partial charge on any atom is 0.213 e. The van der Waals surface area contributed by atoms with E-state index in [1.165, 1.54) is 0 Å². The minimum atomic E-state index is -0.0929. The maximum atomic E-state index is 13.2. The number of imidazole rings is 1. The maximum absolute atomic E-state index is 13.2. The number of aromatic nitrogens is 3. The summed E-state index contributed by atoms with van der Waals surface area (Å²) in [4.78, 5) is 22.8. The first kappa shape index (κ1) is 14.8. The van der Waals surface area contributed by atoms with Crippen molar-refractivity contribution >= 4 is 33.4 Å². The second-order valence-electron chi connectivity index (χ2n) is 6.41. The van der Waals surface area contributed by atoms with Crippen LogP contribution in [-0.4, -0.2) is 20.2 Å². The molecule has 124 valence electrons. The van der Waals surface area contributed by atoms with Crippen LogP contribution in [0.2, 0.25) is 0 Å². The summed E-state index contributed by atoms with van der Waals surface area (Å²) in [7, 11) is 0. The number of carbonyl (C=O) groups is 1. The minimum absolute atomic E-state index is 0.0929. The summed E-state index contributed by atoms with van der Waals surface area (Å²) in [6.07, 6.45) is 1.92. The highest BCUT2D eigenvalue weighted by Gasteiger charge is 2.20. The smallest absolute Gasteiger partial charge is 0.213 e. The zero-order chi connectivity index (χ0) is 17.7. The van der Waals surface area contributed by atoms with E-state index in [-0.39, 0.29) is 5.78 Å². The summed E-state index contributed by atoms with van der Waals surface area (Å²) in [5.74, 6) is -0.0929. The lowest BCUT2D eigenvalue weighted by molar-refractivity contribution is 0.103. The number of rotatable bonds is 2. The molecule has 3 heterocycles. The van der Waals surface area contributed by atoms with Gasteiger partial charge in [-0.15, -0.1) is 0 Å². The van der Waals surface area contributed by atoms with E-state index < -0.39 is 0 Å². The van der Waals surface area contributed by atoms with Crippen molar-refractivity contribution in [1.29, 1.82) is 0 Å². The Balaban J connectivity index is 1.95. The predicted octanol–water partition coefficient (Wildman–Crippen LogP) is 4.58. The molecular formula is C22H15N3O. The van der Waals surface area contributed by atoms with Gasteiger partial charge in [0.05, 0.1) is 5.52 Å². The van der Waals surface area contributed by atoms with E-state index in [1.807, 2.05) is 84.3 Å². The Morgan fingerprint density at radius 3 is 2.58 bits per heavy atom. The summed E-state index contributed by atoms with van der Waals surface area (Å²) >= 11 is 0. The Morgan fingerprint density at radius 2 is 1.73 bits per heavy atom.